The molecule has 1 aliphatic rings. The van der Waals surface area contributed by atoms with E-state index in [1.807, 2.05) is 12.1 Å². The minimum atomic E-state index is -0.119. The summed E-state index contributed by atoms with van der Waals surface area (Å²) in [5.74, 6) is 1.07. The van der Waals surface area contributed by atoms with Gasteiger partial charge in [0.25, 0.3) is 0 Å². The van der Waals surface area contributed by atoms with Crippen LogP contribution in [0.25, 0.3) is 0 Å². The van der Waals surface area contributed by atoms with Crippen LogP contribution >= 0.6 is 0 Å². The summed E-state index contributed by atoms with van der Waals surface area (Å²) in [6.07, 6.45) is 2.77. The van der Waals surface area contributed by atoms with Gasteiger partial charge in [-0.2, -0.15) is 0 Å². The molecule has 6 heteroatoms. The van der Waals surface area contributed by atoms with Crippen LogP contribution in [0.3, 0.4) is 0 Å². The molecule has 1 aliphatic carbocycles. The number of hydrogen-bond donors (Lipinski definition) is 2. The van der Waals surface area contributed by atoms with E-state index >= 15 is 0 Å². The molecule has 1 aromatic carbocycles. The number of nitrogens with zero attached hydrogens (tertiary/aromatic N) is 1. The van der Waals surface area contributed by atoms with Crippen LogP contribution in [-0.4, -0.2) is 23.4 Å². The molecule has 2 aromatic rings. The Balaban J connectivity index is 1.58. The number of nitrogens with one attached hydrogen (secondary N) is 1. The van der Waals surface area contributed by atoms with Gasteiger partial charge in [0.05, 0.1) is 0 Å². The zero-order chi connectivity index (χ0) is 16.2. The van der Waals surface area contributed by atoms with E-state index in [4.69, 9.17) is 10.3 Å². The smallest absolute Gasteiger partial charge is 0.225 e. The Morgan fingerprint density at radius 1 is 1.26 bits per heavy atom. The Kier molecular flexibility index (Phi) is 4.52. The second-order valence-corrected chi connectivity index (χ2v) is 5.77. The molecule has 1 amide bonds. The van der Waals surface area contributed by atoms with E-state index in [2.05, 4.69) is 10.5 Å². The molecule has 1 fully saturated rings. The van der Waals surface area contributed by atoms with Gasteiger partial charge in [0, 0.05) is 37.1 Å². The van der Waals surface area contributed by atoms with Crippen molar-refractivity contribution in [2.24, 2.45) is 5.73 Å². The summed E-state index contributed by atoms with van der Waals surface area (Å²) in [4.78, 5) is 23.7. The molecule has 6 nitrogen and oxygen atoms in total. The quantitative estimate of drug-likeness (QED) is 0.764. The molecule has 0 unspecified atom stereocenters. The molecular formula is C17H19N3O3. The molecule has 1 saturated carbocycles. The normalized spacial score (nSPS) is 13.8. The maximum Gasteiger partial charge on any atom is 0.225 e. The predicted molar refractivity (Wildman–Crippen MR) is 85.3 cm³/mol. The van der Waals surface area contributed by atoms with Crippen molar-refractivity contribution >= 4 is 17.4 Å². The molecule has 0 saturated heterocycles. The first-order valence-electron chi connectivity index (χ1n) is 7.74. The summed E-state index contributed by atoms with van der Waals surface area (Å²) in [7, 11) is 0. The summed E-state index contributed by atoms with van der Waals surface area (Å²) >= 11 is 0. The number of benzene rings is 1. The first-order valence-corrected chi connectivity index (χ1v) is 7.74. The van der Waals surface area contributed by atoms with E-state index in [1.54, 1.807) is 18.2 Å². The summed E-state index contributed by atoms with van der Waals surface area (Å²) in [5.41, 5.74) is 7.27. The second kappa shape index (κ2) is 6.75. The lowest BCUT2D eigenvalue weighted by molar-refractivity contribution is -0.116. The van der Waals surface area contributed by atoms with Gasteiger partial charge in [0.15, 0.2) is 5.78 Å². The van der Waals surface area contributed by atoms with Gasteiger partial charge in [-0.3, -0.25) is 9.59 Å². The first-order chi connectivity index (χ1) is 11.2. The molecule has 0 bridgehead atoms. The van der Waals surface area contributed by atoms with Crippen LogP contribution < -0.4 is 11.1 Å². The van der Waals surface area contributed by atoms with Crippen LogP contribution in [0.1, 0.15) is 47.0 Å². The zero-order valence-electron chi connectivity index (χ0n) is 12.7. The van der Waals surface area contributed by atoms with E-state index in [1.165, 1.54) is 0 Å². The number of anilines is 1. The summed E-state index contributed by atoms with van der Waals surface area (Å²) in [6, 6.07) is 8.93. The minimum absolute atomic E-state index is 0.0689. The first kappa shape index (κ1) is 15.4. The fraction of sp³-hybridized carbons (Fsp3) is 0.353. The Morgan fingerprint density at radius 3 is 2.65 bits per heavy atom. The highest BCUT2D eigenvalue weighted by Crippen LogP contribution is 2.40. The van der Waals surface area contributed by atoms with E-state index < -0.39 is 0 Å². The van der Waals surface area contributed by atoms with Gasteiger partial charge in [0.1, 0.15) is 11.5 Å². The van der Waals surface area contributed by atoms with Crippen molar-refractivity contribution in [3.8, 4) is 0 Å². The molecule has 0 aliphatic heterocycles. The van der Waals surface area contributed by atoms with Crippen LogP contribution in [0.5, 0.6) is 0 Å². The van der Waals surface area contributed by atoms with Gasteiger partial charge in [-0.15, -0.1) is 0 Å². The summed E-state index contributed by atoms with van der Waals surface area (Å²) in [5, 5.41) is 6.60. The van der Waals surface area contributed by atoms with Crippen molar-refractivity contribution in [3.05, 3.63) is 47.3 Å². The molecule has 1 aromatic heterocycles. The van der Waals surface area contributed by atoms with Crippen LogP contribution in [0.2, 0.25) is 0 Å². The highest BCUT2D eigenvalue weighted by molar-refractivity contribution is 5.96. The number of amides is 1. The predicted octanol–water partition coefficient (Wildman–Crippen LogP) is 2.26. The Bertz CT molecular complexity index is 702. The van der Waals surface area contributed by atoms with Crippen molar-refractivity contribution in [1.82, 2.24) is 5.16 Å². The average molecular weight is 313 g/mol. The Hall–Kier alpha value is -2.47. The number of rotatable bonds is 7. The number of Topliss-reactive ketones (excluding diaryl/α,β-unsaturated/α-hetero) is 1. The molecule has 23 heavy (non-hydrogen) atoms. The molecule has 1 heterocycles. The highest BCUT2D eigenvalue weighted by atomic mass is 16.5. The standard InChI is InChI=1S/C17H19N3O3/c18-8-7-17(22)19-13-5-1-11(2-6-13)9-15(21)14-10-16(23-20-14)12-3-4-12/h1-2,5-6,10,12H,3-4,7-9,18H2,(H,19,22). The summed E-state index contributed by atoms with van der Waals surface area (Å²) < 4.78 is 5.20. The van der Waals surface area contributed by atoms with Crippen molar-refractivity contribution in [2.45, 2.75) is 31.6 Å². The Morgan fingerprint density at radius 2 is 2.00 bits per heavy atom. The number of aromatic nitrogens is 1. The minimum Gasteiger partial charge on any atom is -0.360 e. The third kappa shape index (κ3) is 4.04. The monoisotopic (exact) mass is 313 g/mol. The molecule has 0 radical (unpaired) electrons. The van der Waals surface area contributed by atoms with Crippen molar-refractivity contribution in [3.63, 3.8) is 0 Å². The van der Waals surface area contributed by atoms with Crippen LogP contribution in [-0.2, 0) is 11.2 Å². The van der Waals surface area contributed by atoms with Crippen molar-refractivity contribution in [2.75, 3.05) is 11.9 Å². The van der Waals surface area contributed by atoms with Crippen molar-refractivity contribution in [1.29, 1.82) is 0 Å². The van der Waals surface area contributed by atoms with Gasteiger partial charge in [-0.05, 0) is 30.5 Å². The average Bonchev–Trinajstić information content (AvgIpc) is 3.26. The van der Waals surface area contributed by atoms with E-state index in [9.17, 15) is 9.59 Å². The lowest BCUT2D eigenvalue weighted by Crippen LogP contribution is -2.16. The van der Waals surface area contributed by atoms with Crippen molar-refractivity contribution < 1.29 is 14.1 Å². The Labute approximate surface area is 134 Å². The number of carbonyl (C=O) groups is 2. The molecule has 120 valence electrons. The molecule has 0 spiro atoms. The van der Waals surface area contributed by atoms with Crippen LogP contribution in [0, 0.1) is 0 Å². The lowest BCUT2D eigenvalue weighted by atomic mass is 10.1. The fourth-order valence-electron chi connectivity index (χ4n) is 2.32. The van der Waals surface area contributed by atoms with E-state index in [-0.39, 0.29) is 24.5 Å². The summed E-state index contributed by atoms with van der Waals surface area (Å²) in [6.45, 7) is 0.318. The number of nitrogens with two attached hydrogens (primary N) is 1. The van der Waals surface area contributed by atoms with Crippen LogP contribution in [0.4, 0.5) is 5.69 Å². The maximum absolute atomic E-state index is 12.2. The third-order valence-electron chi connectivity index (χ3n) is 3.77. The number of hydrogen-bond acceptors (Lipinski definition) is 5. The maximum atomic E-state index is 12.2. The number of carbonyl (C=O) groups excluding carboxylic acids is 2. The second-order valence-electron chi connectivity index (χ2n) is 5.77. The van der Waals surface area contributed by atoms with Gasteiger partial charge in [-0.25, -0.2) is 0 Å². The molecule has 0 atom stereocenters. The topological polar surface area (TPSA) is 98.2 Å². The van der Waals surface area contributed by atoms with Gasteiger partial charge >= 0.3 is 0 Å². The molecule has 3 N–H and O–H groups in total. The van der Waals surface area contributed by atoms with Crippen LogP contribution in [0.15, 0.2) is 34.9 Å². The van der Waals surface area contributed by atoms with Gasteiger partial charge in [-0.1, -0.05) is 17.3 Å². The van der Waals surface area contributed by atoms with Gasteiger partial charge in [0.2, 0.25) is 5.91 Å². The third-order valence-corrected chi connectivity index (χ3v) is 3.77. The molecule has 3 rings (SSSR count). The molecular weight excluding hydrogens is 294 g/mol. The van der Waals surface area contributed by atoms with E-state index in [0.29, 0.717) is 23.8 Å². The fourth-order valence-corrected chi connectivity index (χ4v) is 2.32. The lowest BCUT2D eigenvalue weighted by Gasteiger charge is -2.05. The SMILES string of the molecule is NCCC(=O)Nc1ccc(CC(=O)c2cc(C3CC3)on2)cc1. The highest BCUT2D eigenvalue weighted by Gasteiger charge is 2.28. The zero-order valence-corrected chi connectivity index (χ0v) is 12.7. The largest absolute Gasteiger partial charge is 0.360 e. The van der Waals surface area contributed by atoms with Gasteiger partial charge < -0.3 is 15.6 Å². The van der Waals surface area contributed by atoms with E-state index in [0.717, 1.165) is 24.2 Å². The number of ketones is 1.